The summed E-state index contributed by atoms with van der Waals surface area (Å²) in [5.41, 5.74) is 0.247. The monoisotopic (exact) mass is 475 g/mol. The molecular weight excluding hydrogens is 458 g/mol. The zero-order chi connectivity index (χ0) is 22.5. The summed E-state index contributed by atoms with van der Waals surface area (Å²) in [4.78, 5) is 28.2. The Bertz CT molecular complexity index is 970. The van der Waals surface area contributed by atoms with Crippen molar-refractivity contribution < 1.29 is 27.5 Å². The van der Waals surface area contributed by atoms with Crippen molar-refractivity contribution in [2.24, 2.45) is 0 Å². The molecule has 2 aromatic rings. The van der Waals surface area contributed by atoms with Gasteiger partial charge < -0.3 is 15.0 Å². The van der Waals surface area contributed by atoms with Crippen LogP contribution in [0.25, 0.3) is 0 Å². The van der Waals surface area contributed by atoms with Gasteiger partial charge in [0.2, 0.25) is 5.91 Å². The number of benzene rings is 2. The number of anilines is 1. The van der Waals surface area contributed by atoms with E-state index < -0.39 is 18.3 Å². The number of amides is 2. The van der Waals surface area contributed by atoms with Gasteiger partial charge in [-0.15, -0.1) is 0 Å². The van der Waals surface area contributed by atoms with Gasteiger partial charge in [0.25, 0.3) is 5.91 Å². The number of nitrogens with one attached hydrogen (secondary N) is 1. The lowest BCUT2D eigenvalue weighted by molar-refractivity contribution is -0.117. The summed E-state index contributed by atoms with van der Waals surface area (Å²) < 4.78 is 42.7. The van der Waals surface area contributed by atoms with Crippen LogP contribution in [-0.2, 0) is 4.79 Å². The fourth-order valence-corrected chi connectivity index (χ4v) is 3.51. The molecule has 1 heterocycles. The van der Waals surface area contributed by atoms with E-state index in [2.05, 4.69) is 10.1 Å². The molecule has 1 fully saturated rings. The highest BCUT2D eigenvalue weighted by Gasteiger charge is 2.25. The quantitative estimate of drug-likeness (QED) is 0.682. The van der Waals surface area contributed by atoms with E-state index in [0.717, 1.165) is 6.07 Å². The summed E-state index contributed by atoms with van der Waals surface area (Å²) in [5.74, 6) is -1.62. The van der Waals surface area contributed by atoms with Crippen molar-refractivity contribution in [1.82, 2.24) is 9.80 Å². The molecule has 6 nitrogen and oxygen atoms in total. The summed E-state index contributed by atoms with van der Waals surface area (Å²) in [7, 11) is 0. The van der Waals surface area contributed by atoms with Gasteiger partial charge in [-0.05, 0) is 36.4 Å². The number of alkyl halides is 2. The van der Waals surface area contributed by atoms with E-state index in [9.17, 15) is 22.8 Å². The van der Waals surface area contributed by atoms with Gasteiger partial charge in [-0.1, -0.05) is 23.2 Å². The number of nitrogens with zero attached hydrogens (tertiary/aromatic N) is 2. The van der Waals surface area contributed by atoms with Crippen LogP contribution in [0, 0.1) is 5.82 Å². The van der Waals surface area contributed by atoms with Gasteiger partial charge >= 0.3 is 6.61 Å². The highest BCUT2D eigenvalue weighted by Crippen LogP contribution is 2.29. The van der Waals surface area contributed by atoms with Crippen molar-refractivity contribution in [3.63, 3.8) is 0 Å². The van der Waals surface area contributed by atoms with Crippen molar-refractivity contribution in [2.45, 2.75) is 6.61 Å². The summed E-state index contributed by atoms with van der Waals surface area (Å²) in [6.45, 7) is -1.46. The molecule has 31 heavy (non-hydrogen) atoms. The van der Waals surface area contributed by atoms with Crippen LogP contribution in [0.1, 0.15) is 10.4 Å². The normalized spacial score (nSPS) is 14.6. The van der Waals surface area contributed by atoms with E-state index in [4.69, 9.17) is 23.2 Å². The molecule has 1 aliphatic rings. The molecule has 0 aliphatic carbocycles. The Morgan fingerprint density at radius 3 is 2.42 bits per heavy atom. The van der Waals surface area contributed by atoms with Gasteiger partial charge in [0.1, 0.15) is 11.6 Å². The molecule has 2 aromatic carbocycles. The summed E-state index contributed by atoms with van der Waals surface area (Å²) in [5, 5.41) is 2.85. The number of hydrogen-bond acceptors (Lipinski definition) is 4. The first-order valence-corrected chi connectivity index (χ1v) is 9.99. The number of hydrogen-bond donors (Lipinski definition) is 1. The molecule has 3 rings (SSSR count). The number of ether oxygens (including phenoxy) is 1. The maximum atomic E-state index is 13.9. The van der Waals surface area contributed by atoms with E-state index in [1.807, 2.05) is 4.90 Å². The highest BCUT2D eigenvalue weighted by atomic mass is 35.5. The minimum Gasteiger partial charge on any atom is -0.433 e. The van der Waals surface area contributed by atoms with Crippen LogP contribution in [-0.4, -0.2) is 60.9 Å². The SMILES string of the molecule is O=C(CN1CCN(C(=O)c2cc(Cl)ccc2F)CC1)Nc1ccc(OC(F)F)c(Cl)c1. The van der Waals surface area contributed by atoms with E-state index in [0.29, 0.717) is 31.9 Å². The smallest absolute Gasteiger partial charge is 0.387 e. The molecule has 166 valence electrons. The number of rotatable bonds is 6. The first-order valence-electron chi connectivity index (χ1n) is 9.24. The van der Waals surface area contributed by atoms with E-state index in [1.165, 1.54) is 35.2 Å². The maximum Gasteiger partial charge on any atom is 0.387 e. The fraction of sp³-hybridized carbons (Fsp3) is 0.300. The summed E-state index contributed by atoms with van der Waals surface area (Å²) in [6, 6.07) is 7.77. The van der Waals surface area contributed by atoms with Gasteiger partial charge in [-0.2, -0.15) is 8.78 Å². The van der Waals surface area contributed by atoms with Gasteiger partial charge in [-0.3, -0.25) is 14.5 Å². The molecule has 0 atom stereocenters. The largest absolute Gasteiger partial charge is 0.433 e. The molecule has 0 aromatic heterocycles. The topological polar surface area (TPSA) is 61.9 Å². The summed E-state index contributed by atoms with van der Waals surface area (Å²) in [6.07, 6.45) is 0. The molecule has 0 unspecified atom stereocenters. The minimum atomic E-state index is -3.00. The first-order chi connectivity index (χ1) is 14.7. The third-order valence-corrected chi connectivity index (χ3v) is 5.15. The number of carbonyl (C=O) groups is 2. The van der Waals surface area contributed by atoms with Crippen LogP contribution in [0.2, 0.25) is 10.0 Å². The van der Waals surface area contributed by atoms with Crippen molar-refractivity contribution in [1.29, 1.82) is 0 Å². The van der Waals surface area contributed by atoms with Gasteiger partial charge in [-0.25, -0.2) is 4.39 Å². The molecular formula is C20H18Cl2F3N3O3. The zero-order valence-corrected chi connectivity index (χ0v) is 17.6. The molecule has 11 heteroatoms. The second-order valence-electron chi connectivity index (χ2n) is 6.76. The van der Waals surface area contributed by atoms with Crippen molar-refractivity contribution >= 4 is 40.7 Å². The molecule has 1 aliphatic heterocycles. The fourth-order valence-electron chi connectivity index (χ4n) is 3.11. The minimum absolute atomic E-state index is 0.0560. The molecule has 0 spiro atoms. The van der Waals surface area contributed by atoms with E-state index in [1.54, 1.807) is 0 Å². The third-order valence-electron chi connectivity index (χ3n) is 4.62. The van der Waals surface area contributed by atoms with Crippen LogP contribution in [0.5, 0.6) is 5.75 Å². The van der Waals surface area contributed by atoms with E-state index >= 15 is 0 Å². The molecule has 1 N–H and O–H groups in total. The predicted molar refractivity (Wildman–Crippen MR) is 110 cm³/mol. The molecule has 0 radical (unpaired) electrons. The highest BCUT2D eigenvalue weighted by molar-refractivity contribution is 6.32. The molecule has 2 amide bonds. The lowest BCUT2D eigenvalue weighted by Gasteiger charge is -2.34. The molecule has 0 saturated carbocycles. The van der Waals surface area contributed by atoms with Crippen LogP contribution in [0.15, 0.2) is 36.4 Å². The van der Waals surface area contributed by atoms with Crippen molar-refractivity contribution in [2.75, 3.05) is 38.0 Å². The number of halogens is 5. The third kappa shape index (κ3) is 6.25. The Balaban J connectivity index is 1.50. The molecule has 1 saturated heterocycles. The summed E-state index contributed by atoms with van der Waals surface area (Å²) >= 11 is 11.7. The maximum absolute atomic E-state index is 13.9. The lowest BCUT2D eigenvalue weighted by Crippen LogP contribution is -2.50. The Labute approximate surface area is 186 Å². The Morgan fingerprint density at radius 2 is 1.77 bits per heavy atom. The van der Waals surface area contributed by atoms with Crippen LogP contribution in [0.3, 0.4) is 0 Å². The van der Waals surface area contributed by atoms with Crippen LogP contribution < -0.4 is 10.1 Å². The number of carbonyl (C=O) groups excluding carboxylic acids is 2. The number of piperazine rings is 1. The van der Waals surface area contributed by atoms with Gasteiger partial charge in [0.15, 0.2) is 0 Å². The Hall–Kier alpha value is -2.49. The first kappa shape index (κ1) is 23.2. The van der Waals surface area contributed by atoms with Crippen LogP contribution >= 0.6 is 23.2 Å². The zero-order valence-electron chi connectivity index (χ0n) is 16.1. The lowest BCUT2D eigenvalue weighted by atomic mass is 10.1. The van der Waals surface area contributed by atoms with E-state index in [-0.39, 0.29) is 33.8 Å². The molecule has 0 bridgehead atoms. The van der Waals surface area contributed by atoms with Crippen LogP contribution in [0.4, 0.5) is 18.9 Å². The average Bonchev–Trinajstić information content (AvgIpc) is 2.71. The standard InChI is InChI=1S/C20H18Cl2F3N3O3/c21-12-1-3-16(23)14(9-12)19(30)28-7-5-27(6-8-28)11-18(29)26-13-2-4-17(15(22)10-13)31-20(24)25/h1-4,9-10,20H,5-8,11H2,(H,26,29). The predicted octanol–water partition coefficient (Wildman–Crippen LogP) is 4.13. The van der Waals surface area contributed by atoms with Crippen molar-refractivity contribution in [3.05, 3.63) is 57.8 Å². The van der Waals surface area contributed by atoms with Gasteiger partial charge in [0, 0.05) is 36.9 Å². The van der Waals surface area contributed by atoms with Crippen molar-refractivity contribution in [3.8, 4) is 5.75 Å². The second-order valence-corrected chi connectivity index (χ2v) is 7.61. The second kappa shape index (κ2) is 10.2. The Kier molecular flexibility index (Phi) is 7.64. The van der Waals surface area contributed by atoms with Gasteiger partial charge in [0.05, 0.1) is 17.1 Å². The Morgan fingerprint density at radius 1 is 1.06 bits per heavy atom. The average molecular weight is 476 g/mol.